The van der Waals surface area contributed by atoms with Crippen LogP contribution in [0.3, 0.4) is 0 Å². The molecule has 0 unspecified atom stereocenters. The summed E-state index contributed by atoms with van der Waals surface area (Å²) in [4.78, 5) is 0. The Morgan fingerprint density at radius 1 is 0.714 bits per heavy atom. The van der Waals surface area contributed by atoms with Crippen LogP contribution in [0.1, 0.15) is 4.28 Å². The van der Waals surface area contributed by atoms with Gasteiger partial charge in [0, 0.05) is 0 Å². The number of hydrogen-bond donors (Lipinski definition) is 0. The first-order valence-corrected chi connectivity index (χ1v) is 13.4. The number of rotatable bonds is 0. The fraction of sp³-hybridized carbons (Fsp3) is 0. The molecule has 0 spiro atoms. The molecule has 0 rings (SSSR count). The van der Waals surface area contributed by atoms with E-state index in [9.17, 15) is 0 Å². The van der Waals surface area contributed by atoms with Crippen molar-refractivity contribution in [3.05, 3.63) is 0 Å². The molecule has 0 bridgehead atoms. The summed E-state index contributed by atoms with van der Waals surface area (Å²) in [5, 5.41) is 0. The van der Waals surface area contributed by atoms with Crippen LogP contribution in [-0.4, -0.2) is 0 Å². The van der Waals surface area contributed by atoms with E-state index in [-0.39, 0.29) is 4.28 Å². The van der Waals surface area contributed by atoms with Crippen molar-refractivity contribution in [2.75, 3.05) is 0 Å². The quantitative estimate of drug-likeness (QED) is 0.578. The Morgan fingerprint density at radius 3 is 0.714 bits per heavy atom. The molecule has 0 heterocycles. The van der Waals surface area contributed by atoms with Crippen LogP contribution in [0, 0.1) is 0 Å². The average molecular weight is 319 g/mol. The average Bonchev–Trinajstić information content (AvgIpc) is 0.592. The van der Waals surface area contributed by atoms with E-state index in [4.69, 9.17) is 58.1 Å². The molecule has 54 valence electrons. The van der Waals surface area contributed by atoms with Crippen LogP contribution in [0.15, 0.2) is 0 Å². The van der Waals surface area contributed by atoms with Crippen molar-refractivity contribution in [1.29, 1.82) is 0 Å². The van der Waals surface area contributed by atoms with E-state index in [1.165, 1.54) is 0 Å². The summed E-state index contributed by atoms with van der Waals surface area (Å²) in [7, 11) is 30.2. The van der Waals surface area contributed by atoms with Crippen LogP contribution in [0.2, 0.25) is 0 Å². The summed E-state index contributed by atoms with van der Waals surface area (Å²) in [6.45, 7) is -5.15. The van der Waals surface area contributed by atoms with Crippen LogP contribution in [0.4, 0.5) is 0 Å². The molecule has 0 radical (unpaired) electrons. The van der Waals surface area contributed by atoms with Gasteiger partial charge in [-0.2, -0.15) is 0 Å². The van der Waals surface area contributed by atoms with Crippen molar-refractivity contribution in [2.45, 2.75) is 0 Å². The normalized spacial score (nSPS) is 23.1. The number of hydrogen-bond acceptors (Lipinski definition) is 0. The molecule has 0 aromatic rings. The fourth-order valence-electron chi connectivity index (χ4n) is 0. The fourth-order valence-corrected chi connectivity index (χ4v) is 0. The van der Waals surface area contributed by atoms with Gasteiger partial charge in [0.15, 0.2) is 0 Å². The van der Waals surface area contributed by atoms with E-state index < -0.39 is 6.48 Å². The first kappa shape index (κ1) is 9.36. The Kier molecular flexibility index (Phi) is 2.01. The molecule has 0 saturated heterocycles. The van der Waals surface area contributed by atoms with Gasteiger partial charge in [-0.25, -0.2) is 0 Å². The second-order valence-corrected chi connectivity index (χ2v) is 38.0. The van der Waals surface area contributed by atoms with Gasteiger partial charge in [-0.05, 0) is 0 Å². The molecule has 0 atom stereocenters. The van der Waals surface area contributed by atoms with Gasteiger partial charge in [-0.1, -0.05) is 0 Å². The van der Waals surface area contributed by atoms with Crippen molar-refractivity contribution in [3.8, 4) is 0 Å². The van der Waals surface area contributed by atoms with Crippen LogP contribution in [0.5, 0.6) is 0 Å². The van der Waals surface area contributed by atoms with E-state index in [0.29, 0.717) is 0 Å². The molecule has 0 aliphatic rings. The van der Waals surface area contributed by atoms with Crippen LogP contribution < -0.4 is 0 Å². The zero-order chi connectivity index (χ0) is 6.41. The van der Waals surface area contributed by atoms with Crippen molar-refractivity contribution in [1.82, 2.24) is 0 Å². The Morgan fingerprint density at radius 2 is 0.714 bits per heavy atom. The van der Waals surface area contributed by atoms with Gasteiger partial charge in [-0.3, -0.25) is 0 Å². The summed E-state index contributed by atoms with van der Waals surface area (Å²) in [6, 6.07) is 0. The van der Waals surface area contributed by atoms with E-state index in [2.05, 4.69) is 0 Å². The molecule has 0 N–H and O–H groups in total. The maximum atomic E-state index is 5.04. The zero-order valence-corrected chi connectivity index (χ0v) is 8.78. The largest absolute Gasteiger partial charge is 1.00 e. The molecule has 7 heavy (non-hydrogen) atoms. The van der Waals surface area contributed by atoms with Crippen molar-refractivity contribution < 1.29 is 10.8 Å². The predicted octanol–water partition coefficient (Wildman–Crippen LogP) is 4.47. The van der Waals surface area contributed by atoms with E-state index in [0.717, 1.165) is 0 Å². The summed E-state index contributed by atoms with van der Waals surface area (Å²) in [5.74, 6) is 0. The van der Waals surface area contributed by atoms with Gasteiger partial charge in [0.25, 0.3) is 0 Å². The molecular formula is H3Cl6Rh. The van der Waals surface area contributed by atoms with Gasteiger partial charge in [0.2, 0.25) is 0 Å². The minimum atomic E-state index is -5.15. The first-order chi connectivity index (χ1) is 2.45. The third-order valence-electron chi connectivity index (χ3n) is 0. The Labute approximate surface area is 68.3 Å². The summed E-state index contributed by atoms with van der Waals surface area (Å²) in [5.41, 5.74) is 0. The summed E-state index contributed by atoms with van der Waals surface area (Å²) >= 11 is 0. The van der Waals surface area contributed by atoms with Crippen LogP contribution >= 0.6 is 58.1 Å². The third kappa shape index (κ3) is 60.6. The van der Waals surface area contributed by atoms with Gasteiger partial charge < -0.3 is 0 Å². The van der Waals surface area contributed by atoms with Gasteiger partial charge in [-0.15, -0.1) is 0 Å². The smallest absolute Gasteiger partial charge is 1.00 e. The Balaban J connectivity index is -0.0000000600. The molecular weight excluding hydrogens is 316 g/mol. The topological polar surface area (TPSA) is 0 Å². The second-order valence-electron chi connectivity index (χ2n) is 0.714. The Hall–Kier alpha value is 2.36. The first-order valence-electron chi connectivity index (χ1n) is 0.756. The van der Waals surface area contributed by atoms with Gasteiger partial charge >= 0.3 is 68.9 Å². The molecule has 0 aromatic heterocycles. The molecule has 0 amide bonds. The monoisotopic (exact) mass is 316 g/mol. The third-order valence-corrected chi connectivity index (χ3v) is 0. The van der Waals surface area contributed by atoms with Crippen LogP contribution in [-0.2, 0) is 6.48 Å². The second kappa shape index (κ2) is 1.50. The minimum absolute atomic E-state index is 0. The van der Waals surface area contributed by atoms with Crippen molar-refractivity contribution in [2.24, 2.45) is 0 Å². The molecule has 7 heteroatoms. The number of halogens is 6. The maximum Gasteiger partial charge on any atom is 1.00 e. The van der Waals surface area contributed by atoms with Crippen molar-refractivity contribution in [3.63, 3.8) is 0 Å². The molecule has 0 aromatic carbocycles. The molecule has 0 aliphatic carbocycles. The predicted molar refractivity (Wildman–Crippen MR) is 38.5 cm³/mol. The maximum absolute atomic E-state index is 5.15. The summed E-state index contributed by atoms with van der Waals surface area (Å²) < 4.78 is 0. The van der Waals surface area contributed by atoms with Gasteiger partial charge in [0.05, 0.1) is 0 Å². The van der Waals surface area contributed by atoms with Crippen LogP contribution in [0.25, 0.3) is 0 Å². The van der Waals surface area contributed by atoms with E-state index >= 15 is 0 Å². The SMILES string of the molecule is [Cl][Rh-3]([Cl])([Cl])([Cl])([Cl])[Cl].[H+].[H+].[H+]. The minimum Gasteiger partial charge on any atom is 1.00 e. The zero-order valence-electron chi connectivity index (χ0n) is 5.60. The van der Waals surface area contributed by atoms with Crippen molar-refractivity contribution >= 4 is 58.1 Å². The van der Waals surface area contributed by atoms with E-state index in [1.807, 2.05) is 0 Å². The molecule has 0 nitrogen and oxygen atoms in total. The van der Waals surface area contributed by atoms with E-state index in [1.54, 1.807) is 0 Å². The van der Waals surface area contributed by atoms with Gasteiger partial charge in [0.1, 0.15) is 0 Å². The summed E-state index contributed by atoms with van der Waals surface area (Å²) in [6.07, 6.45) is 0. The molecule has 0 saturated carbocycles. The standard InChI is InChI=1S/6ClH.Rh/h6*1H;/q;;;;;;+3/p-3. The Bertz CT molecular complexity index is 71.6. The molecule has 0 aliphatic heterocycles. The molecule has 0 fully saturated rings.